The molecule has 0 aliphatic rings. The van der Waals surface area contributed by atoms with Gasteiger partial charge in [-0.2, -0.15) is 0 Å². The van der Waals surface area contributed by atoms with Gasteiger partial charge in [0.05, 0.1) is 6.10 Å². The molecule has 0 aliphatic carbocycles. The first-order valence-electron chi connectivity index (χ1n) is 6.99. The van der Waals surface area contributed by atoms with Gasteiger partial charge in [0.15, 0.2) is 8.32 Å². The number of hydrogen-bond donors (Lipinski definition) is 0. The van der Waals surface area contributed by atoms with Crippen LogP contribution in [0.1, 0.15) is 47.0 Å². The maximum atomic E-state index is 6.50. The lowest BCUT2D eigenvalue weighted by atomic mass is 10.1. The average Bonchev–Trinajstić information content (AvgIpc) is 2.34. The van der Waals surface area contributed by atoms with Gasteiger partial charge in [-0.05, 0) is 44.3 Å². The Kier molecular flexibility index (Phi) is 8.53. The molecule has 0 aromatic rings. The molecule has 0 fully saturated rings. The van der Waals surface area contributed by atoms with Crippen LogP contribution in [0.4, 0.5) is 0 Å². The highest BCUT2D eigenvalue weighted by molar-refractivity contribution is 6.73. The Labute approximate surface area is 109 Å². The number of hydrogen-bond acceptors (Lipinski definition) is 1. The van der Waals surface area contributed by atoms with Gasteiger partial charge in [0.1, 0.15) is 0 Å². The molecule has 2 heteroatoms. The Morgan fingerprint density at radius 1 is 1.24 bits per heavy atom. The van der Waals surface area contributed by atoms with Gasteiger partial charge in [0, 0.05) is 0 Å². The molecule has 0 saturated heterocycles. The highest BCUT2D eigenvalue weighted by atomic mass is 28.4. The van der Waals surface area contributed by atoms with Gasteiger partial charge in [-0.1, -0.05) is 39.0 Å². The topological polar surface area (TPSA) is 9.23 Å². The molecule has 0 heterocycles. The van der Waals surface area contributed by atoms with Crippen molar-refractivity contribution in [2.24, 2.45) is 0 Å². The smallest absolute Gasteiger partial charge is 0.192 e. The summed E-state index contributed by atoms with van der Waals surface area (Å²) in [5.41, 5.74) is 1.18. The summed E-state index contributed by atoms with van der Waals surface area (Å²) < 4.78 is 6.50. The standard InChI is InChI=1S/C15H30OSi/c1-7-11-12-13-15(14(5)6)16-17(8-2,9-3)10-4/h7,15H,1,5,8-13H2,2-4,6H3/t15-/m1/s1. The summed E-state index contributed by atoms with van der Waals surface area (Å²) in [5.74, 6) is 0. The van der Waals surface area contributed by atoms with Crippen LogP contribution in [-0.2, 0) is 4.43 Å². The van der Waals surface area contributed by atoms with Crippen LogP contribution in [0.5, 0.6) is 0 Å². The lowest BCUT2D eigenvalue weighted by Crippen LogP contribution is -2.40. The molecule has 0 spiro atoms. The third-order valence-electron chi connectivity index (χ3n) is 3.75. The quantitative estimate of drug-likeness (QED) is 0.292. The summed E-state index contributed by atoms with van der Waals surface area (Å²) in [4.78, 5) is 0. The van der Waals surface area contributed by atoms with Crippen molar-refractivity contribution in [3.05, 3.63) is 24.8 Å². The van der Waals surface area contributed by atoms with E-state index in [9.17, 15) is 0 Å². The molecule has 0 unspecified atom stereocenters. The second-order valence-electron chi connectivity index (χ2n) is 4.92. The summed E-state index contributed by atoms with van der Waals surface area (Å²) in [6, 6.07) is 3.64. The van der Waals surface area contributed by atoms with Crippen LogP contribution in [0.15, 0.2) is 24.8 Å². The first kappa shape index (κ1) is 16.7. The minimum absolute atomic E-state index is 0.265. The Hall–Kier alpha value is -0.343. The van der Waals surface area contributed by atoms with Crippen molar-refractivity contribution in [1.82, 2.24) is 0 Å². The second-order valence-corrected chi connectivity index (χ2v) is 9.64. The molecule has 0 amide bonds. The molecule has 1 atom stereocenters. The summed E-state index contributed by atoms with van der Waals surface area (Å²) >= 11 is 0. The molecule has 0 N–H and O–H groups in total. The van der Waals surface area contributed by atoms with Crippen LogP contribution >= 0.6 is 0 Å². The van der Waals surface area contributed by atoms with Crippen LogP contribution < -0.4 is 0 Å². The molecular weight excluding hydrogens is 224 g/mol. The lowest BCUT2D eigenvalue weighted by Gasteiger charge is -2.33. The number of allylic oxidation sites excluding steroid dienone is 1. The van der Waals surface area contributed by atoms with Crippen molar-refractivity contribution in [2.45, 2.75) is 71.2 Å². The SMILES string of the molecule is C=CCCC[C@@H](O[Si](CC)(CC)CC)C(=C)C. The van der Waals surface area contributed by atoms with E-state index >= 15 is 0 Å². The Morgan fingerprint density at radius 2 is 1.76 bits per heavy atom. The van der Waals surface area contributed by atoms with Gasteiger partial charge in [0.2, 0.25) is 0 Å². The highest BCUT2D eigenvalue weighted by Crippen LogP contribution is 2.27. The fraction of sp³-hybridized carbons (Fsp3) is 0.733. The molecule has 0 radical (unpaired) electrons. The van der Waals surface area contributed by atoms with Crippen molar-refractivity contribution in [2.75, 3.05) is 0 Å². The molecule has 0 rings (SSSR count). The molecular formula is C15H30OSi. The fourth-order valence-electron chi connectivity index (χ4n) is 2.16. The molecule has 0 aliphatic heterocycles. The fourth-order valence-corrected chi connectivity index (χ4v) is 5.08. The van der Waals surface area contributed by atoms with E-state index in [0.29, 0.717) is 0 Å². The molecule has 100 valence electrons. The lowest BCUT2D eigenvalue weighted by molar-refractivity contribution is 0.208. The van der Waals surface area contributed by atoms with Gasteiger partial charge in [-0.25, -0.2) is 0 Å². The van der Waals surface area contributed by atoms with Gasteiger partial charge in [0.25, 0.3) is 0 Å². The van der Waals surface area contributed by atoms with E-state index in [2.05, 4.69) is 40.9 Å². The summed E-state index contributed by atoms with van der Waals surface area (Å²) in [6.45, 7) is 16.8. The maximum Gasteiger partial charge on any atom is 0.192 e. The number of unbranched alkanes of at least 4 members (excludes halogenated alkanes) is 1. The van der Waals surface area contributed by atoms with Crippen molar-refractivity contribution >= 4 is 8.32 Å². The second kappa shape index (κ2) is 8.70. The van der Waals surface area contributed by atoms with E-state index in [1.807, 2.05) is 6.08 Å². The largest absolute Gasteiger partial charge is 0.410 e. The van der Waals surface area contributed by atoms with E-state index in [1.165, 1.54) is 23.7 Å². The third-order valence-corrected chi connectivity index (χ3v) is 8.40. The molecule has 0 bridgehead atoms. The summed E-state index contributed by atoms with van der Waals surface area (Å²) in [7, 11) is -1.49. The van der Waals surface area contributed by atoms with Crippen molar-refractivity contribution in [1.29, 1.82) is 0 Å². The van der Waals surface area contributed by atoms with Gasteiger partial charge >= 0.3 is 0 Å². The molecule has 0 aromatic carbocycles. The van der Waals surface area contributed by atoms with Crippen LogP contribution in [0, 0.1) is 0 Å². The van der Waals surface area contributed by atoms with E-state index in [4.69, 9.17) is 4.43 Å². The summed E-state index contributed by atoms with van der Waals surface area (Å²) in [6.07, 6.45) is 5.58. The van der Waals surface area contributed by atoms with Gasteiger partial charge in [-0.3, -0.25) is 0 Å². The van der Waals surface area contributed by atoms with Crippen molar-refractivity contribution in [3.8, 4) is 0 Å². The third kappa shape index (κ3) is 5.69. The molecule has 17 heavy (non-hydrogen) atoms. The molecule has 0 aromatic heterocycles. The maximum absolute atomic E-state index is 6.50. The van der Waals surface area contributed by atoms with E-state index in [-0.39, 0.29) is 6.10 Å². The first-order chi connectivity index (χ1) is 8.05. The van der Waals surface area contributed by atoms with E-state index < -0.39 is 8.32 Å². The Bertz CT molecular complexity index is 223. The zero-order chi connectivity index (χ0) is 13.3. The van der Waals surface area contributed by atoms with Crippen LogP contribution in [0.3, 0.4) is 0 Å². The minimum Gasteiger partial charge on any atom is -0.410 e. The Balaban J connectivity index is 4.49. The predicted molar refractivity (Wildman–Crippen MR) is 80.9 cm³/mol. The van der Waals surface area contributed by atoms with Gasteiger partial charge in [-0.15, -0.1) is 6.58 Å². The van der Waals surface area contributed by atoms with Crippen LogP contribution in [-0.4, -0.2) is 14.4 Å². The molecule has 0 saturated carbocycles. The zero-order valence-corrected chi connectivity index (χ0v) is 13.2. The number of rotatable bonds is 10. The van der Waals surface area contributed by atoms with Crippen LogP contribution in [0.2, 0.25) is 18.1 Å². The average molecular weight is 254 g/mol. The summed E-state index contributed by atoms with van der Waals surface area (Å²) in [5, 5.41) is 0. The highest BCUT2D eigenvalue weighted by Gasteiger charge is 2.31. The monoisotopic (exact) mass is 254 g/mol. The first-order valence-corrected chi connectivity index (χ1v) is 9.52. The van der Waals surface area contributed by atoms with Crippen molar-refractivity contribution in [3.63, 3.8) is 0 Å². The molecule has 1 nitrogen and oxygen atoms in total. The van der Waals surface area contributed by atoms with Crippen LogP contribution in [0.25, 0.3) is 0 Å². The van der Waals surface area contributed by atoms with E-state index in [1.54, 1.807) is 0 Å². The van der Waals surface area contributed by atoms with Crippen molar-refractivity contribution < 1.29 is 4.43 Å². The van der Waals surface area contributed by atoms with E-state index in [0.717, 1.165) is 19.3 Å². The van der Waals surface area contributed by atoms with Gasteiger partial charge < -0.3 is 4.43 Å². The Morgan fingerprint density at radius 3 is 2.12 bits per heavy atom. The zero-order valence-electron chi connectivity index (χ0n) is 12.2. The normalized spacial score (nSPS) is 13.4. The predicted octanol–water partition coefficient (Wildman–Crippen LogP) is 5.31. The minimum atomic E-state index is -1.49.